The van der Waals surface area contributed by atoms with Crippen LogP contribution in [0.1, 0.15) is 25.0 Å². The van der Waals surface area contributed by atoms with Crippen LogP contribution in [0.2, 0.25) is 0 Å². The molecule has 1 atom stereocenters. The zero-order chi connectivity index (χ0) is 20.5. The van der Waals surface area contributed by atoms with E-state index in [0.717, 1.165) is 11.9 Å². The number of Topliss-reactive ketones (excluding diaryl/α,β-unsaturated/α-hetero) is 1. The summed E-state index contributed by atoms with van der Waals surface area (Å²) >= 11 is 0. The molecule has 2 heterocycles. The van der Waals surface area contributed by atoms with Gasteiger partial charge in [-0.15, -0.1) is 0 Å². The molecule has 1 aliphatic heterocycles. The van der Waals surface area contributed by atoms with Crippen molar-refractivity contribution in [1.82, 2.24) is 4.98 Å². The van der Waals surface area contributed by atoms with Gasteiger partial charge in [0.15, 0.2) is 5.78 Å². The highest BCUT2D eigenvalue weighted by molar-refractivity contribution is 6.27. The highest BCUT2D eigenvalue weighted by Crippen LogP contribution is 2.29. The minimum atomic E-state index is -3.00. The number of amides is 1. The lowest BCUT2D eigenvalue weighted by atomic mass is 9.93. The lowest BCUT2D eigenvalue weighted by molar-refractivity contribution is -0.128. The SMILES string of the molecule is COc1ccc(N2N=C(C)C(C(=O)Cc3cccc(C(C)(F)F)c3)C2=O)cn1. The molecule has 0 fully saturated rings. The van der Waals surface area contributed by atoms with E-state index >= 15 is 0 Å². The summed E-state index contributed by atoms with van der Waals surface area (Å²) in [5, 5.41) is 5.30. The molecule has 6 nitrogen and oxygen atoms in total. The molecule has 146 valence electrons. The van der Waals surface area contributed by atoms with Crippen molar-refractivity contribution in [2.45, 2.75) is 26.2 Å². The van der Waals surface area contributed by atoms with Gasteiger partial charge in [-0.05, 0) is 24.6 Å². The van der Waals surface area contributed by atoms with Gasteiger partial charge in [0.25, 0.3) is 11.8 Å². The van der Waals surface area contributed by atoms with Gasteiger partial charge in [0.2, 0.25) is 5.88 Å². The molecule has 1 unspecified atom stereocenters. The largest absolute Gasteiger partial charge is 0.481 e. The first-order valence-corrected chi connectivity index (χ1v) is 8.60. The van der Waals surface area contributed by atoms with Crippen LogP contribution in [0, 0.1) is 5.92 Å². The van der Waals surface area contributed by atoms with E-state index in [4.69, 9.17) is 4.74 Å². The van der Waals surface area contributed by atoms with Crippen molar-refractivity contribution in [3.63, 3.8) is 0 Å². The Balaban J connectivity index is 1.77. The van der Waals surface area contributed by atoms with Crippen molar-refractivity contribution in [2.75, 3.05) is 12.1 Å². The summed E-state index contributed by atoms with van der Waals surface area (Å²) in [5.41, 5.74) is 1.01. The summed E-state index contributed by atoms with van der Waals surface area (Å²) in [6, 6.07) is 8.85. The lowest BCUT2D eigenvalue weighted by Crippen LogP contribution is -2.33. The molecule has 8 heteroatoms. The van der Waals surface area contributed by atoms with Crippen LogP contribution in [0.25, 0.3) is 0 Å². The fourth-order valence-electron chi connectivity index (χ4n) is 3.00. The topological polar surface area (TPSA) is 71.9 Å². The maximum absolute atomic E-state index is 13.5. The summed E-state index contributed by atoms with van der Waals surface area (Å²) in [7, 11) is 1.48. The Bertz CT molecular complexity index is 936. The van der Waals surface area contributed by atoms with Gasteiger partial charge in [0.1, 0.15) is 5.92 Å². The minimum absolute atomic E-state index is 0.137. The Morgan fingerprint density at radius 1 is 1.29 bits per heavy atom. The van der Waals surface area contributed by atoms with Gasteiger partial charge >= 0.3 is 0 Å². The third-order valence-corrected chi connectivity index (χ3v) is 4.44. The van der Waals surface area contributed by atoms with E-state index in [-0.39, 0.29) is 12.0 Å². The molecule has 3 rings (SSSR count). The Hall–Kier alpha value is -3.16. The monoisotopic (exact) mass is 387 g/mol. The molecular weight excluding hydrogens is 368 g/mol. The number of hydrogen-bond acceptors (Lipinski definition) is 5. The molecular formula is C20H19F2N3O3. The summed E-state index contributed by atoms with van der Waals surface area (Å²) in [6.45, 7) is 2.39. The number of pyridine rings is 1. The van der Waals surface area contributed by atoms with Crippen LogP contribution in [0.3, 0.4) is 0 Å². The second-order valence-electron chi connectivity index (χ2n) is 6.62. The third kappa shape index (κ3) is 3.90. The number of methoxy groups -OCH3 is 1. The number of halogens is 2. The maximum Gasteiger partial charge on any atom is 0.270 e. The quantitative estimate of drug-likeness (QED) is 0.713. The molecule has 2 aromatic rings. The average Bonchev–Trinajstić information content (AvgIpc) is 2.95. The fraction of sp³-hybridized carbons (Fsp3) is 0.300. The van der Waals surface area contributed by atoms with Gasteiger partial charge in [0.05, 0.1) is 24.7 Å². The number of ketones is 1. The zero-order valence-corrected chi connectivity index (χ0v) is 15.6. The molecule has 0 spiro atoms. The highest BCUT2D eigenvalue weighted by atomic mass is 19.3. The maximum atomic E-state index is 13.5. The minimum Gasteiger partial charge on any atom is -0.481 e. The summed E-state index contributed by atoms with van der Waals surface area (Å²) in [4.78, 5) is 29.5. The van der Waals surface area contributed by atoms with Crippen LogP contribution in [0.15, 0.2) is 47.7 Å². The van der Waals surface area contributed by atoms with E-state index in [9.17, 15) is 18.4 Å². The number of alkyl halides is 2. The van der Waals surface area contributed by atoms with Crippen LogP contribution in [0.4, 0.5) is 14.5 Å². The van der Waals surface area contributed by atoms with Crippen LogP contribution >= 0.6 is 0 Å². The number of hydrazone groups is 1. The second-order valence-corrected chi connectivity index (χ2v) is 6.62. The number of hydrogen-bond donors (Lipinski definition) is 0. The first-order chi connectivity index (χ1) is 13.2. The molecule has 1 aromatic carbocycles. The van der Waals surface area contributed by atoms with Gasteiger partial charge in [-0.25, -0.2) is 13.8 Å². The molecule has 1 aromatic heterocycles. The average molecular weight is 387 g/mol. The number of benzene rings is 1. The molecule has 0 radical (unpaired) electrons. The van der Waals surface area contributed by atoms with E-state index in [1.54, 1.807) is 25.1 Å². The van der Waals surface area contributed by atoms with Crippen molar-refractivity contribution in [2.24, 2.45) is 11.0 Å². The molecule has 0 aliphatic carbocycles. The van der Waals surface area contributed by atoms with E-state index in [1.807, 2.05) is 0 Å². The van der Waals surface area contributed by atoms with E-state index in [2.05, 4.69) is 10.1 Å². The number of ether oxygens (including phenoxy) is 1. The first-order valence-electron chi connectivity index (χ1n) is 8.60. The smallest absolute Gasteiger partial charge is 0.270 e. The number of rotatable bonds is 6. The van der Waals surface area contributed by atoms with Crippen LogP contribution in [-0.2, 0) is 21.9 Å². The van der Waals surface area contributed by atoms with E-state index in [1.165, 1.54) is 31.5 Å². The Morgan fingerprint density at radius 2 is 2.04 bits per heavy atom. The Labute approximate surface area is 160 Å². The van der Waals surface area contributed by atoms with Gasteiger partial charge in [-0.1, -0.05) is 18.2 Å². The highest BCUT2D eigenvalue weighted by Gasteiger charge is 2.39. The van der Waals surface area contributed by atoms with Crippen LogP contribution in [0.5, 0.6) is 5.88 Å². The molecule has 0 bridgehead atoms. The van der Waals surface area contributed by atoms with Crippen LogP contribution in [-0.4, -0.2) is 29.5 Å². The molecule has 28 heavy (non-hydrogen) atoms. The molecule has 0 N–H and O–H groups in total. The number of carbonyl (C=O) groups is 2. The molecule has 0 saturated heterocycles. The van der Waals surface area contributed by atoms with Crippen molar-refractivity contribution < 1.29 is 23.1 Å². The number of nitrogens with zero attached hydrogens (tertiary/aromatic N) is 3. The standard InChI is InChI=1S/C20H19F2N3O3/c1-12-18(16(26)10-13-5-4-6-14(9-13)20(2,21)22)19(27)25(24-12)15-7-8-17(28-3)23-11-15/h4-9,11,18H,10H2,1-3H3. The second kappa shape index (κ2) is 7.46. The number of aromatic nitrogens is 1. The van der Waals surface area contributed by atoms with Crippen molar-refractivity contribution in [3.8, 4) is 5.88 Å². The Morgan fingerprint density at radius 3 is 2.64 bits per heavy atom. The zero-order valence-electron chi connectivity index (χ0n) is 15.6. The van der Waals surface area contributed by atoms with Gasteiger partial charge < -0.3 is 4.74 Å². The summed E-state index contributed by atoms with van der Waals surface area (Å²) in [6.07, 6.45) is 1.29. The normalized spacial score (nSPS) is 16.9. The number of anilines is 1. The van der Waals surface area contributed by atoms with Crippen molar-refractivity contribution >= 4 is 23.1 Å². The van der Waals surface area contributed by atoms with Gasteiger partial charge in [-0.2, -0.15) is 10.1 Å². The van der Waals surface area contributed by atoms with Crippen LogP contribution < -0.4 is 9.75 Å². The van der Waals surface area contributed by atoms with Crippen molar-refractivity contribution in [1.29, 1.82) is 0 Å². The number of carbonyl (C=O) groups excluding carboxylic acids is 2. The molecule has 1 aliphatic rings. The first kappa shape index (κ1) is 19.6. The Kier molecular flexibility index (Phi) is 5.22. The summed E-state index contributed by atoms with van der Waals surface area (Å²) < 4.78 is 32.0. The predicted molar refractivity (Wildman–Crippen MR) is 99.6 cm³/mol. The predicted octanol–water partition coefficient (Wildman–Crippen LogP) is 3.35. The van der Waals surface area contributed by atoms with Crippen molar-refractivity contribution in [3.05, 3.63) is 53.7 Å². The van der Waals surface area contributed by atoms with E-state index < -0.39 is 23.5 Å². The lowest BCUT2D eigenvalue weighted by Gasteiger charge is -2.15. The molecule has 0 saturated carbocycles. The molecule has 1 amide bonds. The summed E-state index contributed by atoms with van der Waals surface area (Å²) in [5.74, 6) is -4.56. The van der Waals surface area contributed by atoms with Gasteiger partial charge in [-0.3, -0.25) is 9.59 Å². The fourth-order valence-corrected chi connectivity index (χ4v) is 3.00. The third-order valence-electron chi connectivity index (χ3n) is 4.44. The van der Waals surface area contributed by atoms with E-state index in [0.29, 0.717) is 22.8 Å². The van der Waals surface area contributed by atoms with Gasteiger partial charge in [0, 0.05) is 25.0 Å².